The number of nitrogens with zero attached hydrogens (tertiary/aromatic N) is 3. The van der Waals surface area contributed by atoms with E-state index in [1.807, 2.05) is 0 Å². The maximum absolute atomic E-state index is 11.6. The number of aryl methyl sites for hydroxylation is 2. The van der Waals surface area contributed by atoms with Gasteiger partial charge in [0.25, 0.3) is 0 Å². The van der Waals surface area contributed by atoms with Crippen LogP contribution in [0.1, 0.15) is 73.3 Å². The van der Waals surface area contributed by atoms with Crippen molar-refractivity contribution in [2.45, 2.75) is 90.5 Å². The number of carboxylic acids is 1. The summed E-state index contributed by atoms with van der Waals surface area (Å²) in [7, 11) is 1.59. The summed E-state index contributed by atoms with van der Waals surface area (Å²) in [5.41, 5.74) is 8.72. The summed E-state index contributed by atoms with van der Waals surface area (Å²) in [4.78, 5) is 21.5. The van der Waals surface area contributed by atoms with E-state index in [4.69, 9.17) is 14.5 Å². The van der Waals surface area contributed by atoms with Crippen molar-refractivity contribution in [3.8, 4) is 17.0 Å². The van der Waals surface area contributed by atoms with Crippen molar-refractivity contribution in [3.05, 3.63) is 63.5 Å². The van der Waals surface area contributed by atoms with E-state index in [1.54, 1.807) is 24.0 Å². The summed E-state index contributed by atoms with van der Waals surface area (Å²) in [6.07, 6.45) is 9.24. The second-order valence-electron chi connectivity index (χ2n) is 12.5. The summed E-state index contributed by atoms with van der Waals surface area (Å²) in [5.74, 6) is -0.401. The number of anilines is 1. The molecule has 1 aromatic heterocycles. The molecule has 0 radical (unpaired) electrons. The van der Waals surface area contributed by atoms with Gasteiger partial charge in [-0.15, -0.1) is 11.3 Å². The molecular weight excluding hydrogens is 558 g/mol. The van der Waals surface area contributed by atoms with Gasteiger partial charge in [0.2, 0.25) is 0 Å². The Morgan fingerprint density at radius 1 is 1.14 bits per heavy atom. The number of carboxylic acid groups (broad SMARTS) is 1. The standard InChI is InChI=1S/C35H45N3O4S/c1-4-25-17-24(18-26-13-15-37(19-30(25)26)27-10-6-5-7-11-27)21-42-33-23(2)9-8-12-28(33)31-22-43-35(36-31)38-16-14-29(34(39)40)32(20-38)41-3/h8-9,12,17-18,22,27,29,32H,4-7,10-11,13-16,19-21H2,1-3H3,(H,39,40)/t29-,32+/m1/s1. The topological polar surface area (TPSA) is 75.1 Å². The maximum Gasteiger partial charge on any atom is 0.309 e. The van der Waals surface area contributed by atoms with Crippen molar-refractivity contribution in [1.82, 2.24) is 9.88 Å². The van der Waals surface area contributed by atoms with Crippen LogP contribution in [0.4, 0.5) is 5.13 Å². The van der Waals surface area contributed by atoms with Gasteiger partial charge in [-0.05, 0) is 72.9 Å². The fraction of sp³-hybridized carbons (Fsp3) is 0.543. The Labute approximate surface area is 259 Å². The van der Waals surface area contributed by atoms with Gasteiger partial charge in [-0.1, -0.05) is 50.5 Å². The van der Waals surface area contributed by atoms with Crippen LogP contribution in [-0.4, -0.2) is 59.8 Å². The van der Waals surface area contributed by atoms with Gasteiger partial charge in [0.05, 0.1) is 17.7 Å². The normalized spacial score (nSPS) is 21.5. The van der Waals surface area contributed by atoms with Crippen LogP contribution in [-0.2, 0) is 35.5 Å². The SMILES string of the molecule is CCc1cc(COc2c(C)cccc2-c2csc(N3CC[C@@H](C(=O)O)[C@@H](OC)C3)n2)cc2c1CN(C1CCCCC1)CC2. The van der Waals surface area contributed by atoms with E-state index >= 15 is 0 Å². The number of rotatable bonds is 9. The molecule has 2 aliphatic heterocycles. The number of methoxy groups -OCH3 is 1. The summed E-state index contributed by atoms with van der Waals surface area (Å²) < 4.78 is 12.1. The quantitative estimate of drug-likeness (QED) is 0.286. The molecule has 0 amide bonds. The van der Waals surface area contributed by atoms with Crippen LogP contribution >= 0.6 is 11.3 Å². The van der Waals surface area contributed by atoms with Crippen molar-refractivity contribution in [1.29, 1.82) is 0 Å². The summed E-state index contributed by atoms with van der Waals surface area (Å²) in [6, 6.07) is 11.8. The van der Waals surface area contributed by atoms with Crippen LogP contribution in [0, 0.1) is 12.8 Å². The Kier molecular flexibility index (Phi) is 9.36. The highest BCUT2D eigenvalue weighted by Crippen LogP contribution is 2.38. The van der Waals surface area contributed by atoms with Gasteiger partial charge in [-0.25, -0.2) is 4.98 Å². The third-order valence-electron chi connectivity index (χ3n) is 9.81. The fourth-order valence-electron chi connectivity index (χ4n) is 7.34. The third kappa shape index (κ3) is 6.47. The minimum absolute atomic E-state index is 0.351. The molecule has 2 aromatic carbocycles. The van der Waals surface area contributed by atoms with E-state index in [9.17, 15) is 9.90 Å². The Hall–Kier alpha value is -2.94. The molecule has 3 aliphatic rings. The van der Waals surface area contributed by atoms with Gasteiger partial charge in [0.15, 0.2) is 5.13 Å². The van der Waals surface area contributed by atoms with Crippen molar-refractivity contribution in [3.63, 3.8) is 0 Å². The molecule has 0 spiro atoms. The van der Waals surface area contributed by atoms with E-state index in [0.29, 0.717) is 26.1 Å². The van der Waals surface area contributed by atoms with E-state index in [2.05, 4.69) is 59.4 Å². The Bertz CT molecular complexity index is 1420. The van der Waals surface area contributed by atoms with Crippen LogP contribution in [0.15, 0.2) is 35.7 Å². The number of fused-ring (bicyclic) bond motifs is 1. The second kappa shape index (κ2) is 13.4. The lowest BCUT2D eigenvalue weighted by molar-refractivity contribution is -0.147. The predicted molar refractivity (Wildman–Crippen MR) is 172 cm³/mol. The van der Waals surface area contributed by atoms with E-state index in [1.165, 1.54) is 55.3 Å². The lowest BCUT2D eigenvalue weighted by Crippen LogP contribution is -2.47. The Balaban J connectivity index is 1.18. The number of piperidine rings is 1. The number of para-hydroxylation sites is 1. The zero-order valence-corrected chi connectivity index (χ0v) is 26.6. The van der Waals surface area contributed by atoms with Gasteiger partial charge in [-0.2, -0.15) is 0 Å². The molecular formula is C35H45N3O4S. The highest BCUT2D eigenvalue weighted by Gasteiger charge is 2.35. The molecule has 0 bridgehead atoms. The van der Waals surface area contributed by atoms with Crippen LogP contribution in [0.3, 0.4) is 0 Å². The van der Waals surface area contributed by atoms with Crippen molar-refractivity contribution in [2.24, 2.45) is 5.92 Å². The number of ether oxygens (including phenoxy) is 2. The molecule has 1 saturated carbocycles. The lowest BCUT2D eigenvalue weighted by Gasteiger charge is -2.38. The molecule has 2 fully saturated rings. The van der Waals surface area contributed by atoms with Crippen LogP contribution < -0.4 is 9.64 Å². The molecule has 1 N–H and O–H groups in total. The highest BCUT2D eigenvalue weighted by molar-refractivity contribution is 7.14. The van der Waals surface area contributed by atoms with Gasteiger partial charge < -0.3 is 19.5 Å². The Morgan fingerprint density at radius 3 is 2.74 bits per heavy atom. The average Bonchev–Trinajstić information content (AvgIpc) is 3.54. The first kappa shape index (κ1) is 30.1. The highest BCUT2D eigenvalue weighted by atomic mass is 32.1. The summed E-state index contributed by atoms with van der Waals surface area (Å²) in [6.45, 7) is 8.33. The molecule has 230 valence electrons. The van der Waals surface area contributed by atoms with Crippen LogP contribution in [0.25, 0.3) is 11.3 Å². The van der Waals surface area contributed by atoms with Crippen molar-refractivity contribution in [2.75, 3.05) is 31.6 Å². The Morgan fingerprint density at radius 2 is 1.98 bits per heavy atom. The zero-order chi connectivity index (χ0) is 29.9. The number of aliphatic carboxylic acids is 1. The smallest absolute Gasteiger partial charge is 0.309 e. The predicted octanol–water partition coefficient (Wildman–Crippen LogP) is 6.88. The molecule has 3 heterocycles. The summed E-state index contributed by atoms with van der Waals surface area (Å²) >= 11 is 1.59. The van der Waals surface area contributed by atoms with E-state index < -0.39 is 11.9 Å². The maximum atomic E-state index is 11.6. The molecule has 1 saturated heterocycles. The van der Waals surface area contributed by atoms with Crippen molar-refractivity contribution < 1.29 is 19.4 Å². The zero-order valence-electron chi connectivity index (χ0n) is 25.8. The molecule has 3 aromatic rings. The largest absolute Gasteiger partial charge is 0.488 e. The molecule has 6 rings (SSSR count). The van der Waals surface area contributed by atoms with Crippen LogP contribution in [0.5, 0.6) is 5.75 Å². The van der Waals surface area contributed by atoms with Crippen molar-refractivity contribution >= 4 is 22.4 Å². The molecule has 7 nitrogen and oxygen atoms in total. The van der Waals surface area contributed by atoms with E-state index in [-0.39, 0.29) is 6.10 Å². The number of benzene rings is 2. The van der Waals surface area contributed by atoms with Gasteiger partial charge in [-0.3, -0.25) is 9.69 Å². The minimum atomic E-state index is -0.792. The minimum Gasteiger partial charge on any atom is -0.488 e. The van der Waals surface area contributed by atoms with Gasteiger partial charge >= 0.3 is 5.97 Å². The molecule has 8 heteroatoms. The van der Waals surface area contributed by atoms with E-state index in [0.717, 1.165) is 53.1 Å². The number of hydrogen-bond donors (Lipinski definition) is 1. The second-order valence-corrected chi connectivity index (χ2v) is 13.3. The number of carbonyl (C=O) groups is 1. The molecule has 43 heavy (non-hydrogen) atoms. The van der Waals surface area contributed by atoms with Gasteiger partial charge in [0, 0.05) is 50.3 Å². The monoisotopic (exact) mass is 603 g/mol. The first-order valence-corrected chi connectivity index (χ1v) is 16.9. The van der Waals surface area contributed by atoms with Gasteiger partial charge in [0.1, 0.15) is 12.4 Å². The first-order chi connectivity index (χ1) is 20.9. The summed E-state index contributed by atoms with van der Waals surface area (Å²) in [5, 5.41) is 12.5. The molecule has 2 atom stereocenters. The lowest BCUT2D eigenvalue weighted by atomic mass is 9.88. The van der Waals surface area contributed by atoms with Crippen LogP contribution in [0.2, 0.25) is 0 Å². The number of hydrogen-bond acceptors (Lipinski definition) is 7. The number of thiazole rings is 1. The third-order valence-corrected chi connectivity index (χ3v) is 10.7. The fourth-order valence-corrected chi connectivity index (χ4v) is 8.21. The first-order valence-electron chi connectivity index (χ1n) is 16.0. The number of aromatic nitrogens is 1. The molecule has 0 unspecified atom stereocenters. The average molecular weight is 604 g/mol. The molecule has 1 aliphatic carbocycles.